The van der Waals surface area contributed by atoms with Crippen molar-refractivity contribution in [2.75, 3.05) is 11.1 Å². The van der Waals surface area contributed by atoms with Gasteiger partial charge in [0.15, 0.2) is 5.16 Å². The van der Waals surface area contributed by atoms with Crippen molar-refractivity contribution in [1.29, 1.82) is 0 Å². The van der Waals surface area contributed by atoms with E-state index in [2.05, 4.69) is 5.32 Å². The Bertz CT molecular complexity index is 1380. The molecule has 142 valence electrons. The van der Waals surface area contributed by atoms with E-state index in [-0.39, 0.29) is 11.7 Å². The molecule has 2 aromatic heterocycles. The Balaban J connectivity index is 1.53. The third kappa shape index (κ3) is 3.21. The lowest BCUT2D eigenvalue weighted by molar-refractivity contribution is -0.113. The molecule has 0 saturated heterocycles. The lowest BCUT2D eigenvalue weighted by Crippen LogP contribution is -2.15. The number of imidazole rings is 1. The Hall–Kier alpha value is -3.38. The molecular weight excluding hydrogens is 380 g/mol. The molecule has 1 amide bonds. The Labute approximate surface area is 171 Å². The highest BCUT2D eigenvalue weighted by Gasteiger charge is 2.15. The quantitative estimate of drug-likeness (QED) is 0.339. The van der Waals surface area contributed by atoms with Crippen molar-refractivity contribution in [3.63, 3.8) is 0 Å². The molecule has 5 aromatic rings. The number of nitrogens with zero attached hydrogens (tertiary/aromatic N) is 3. The van der Waals surface area contributed by atoms with E-state index in [0.717, 1.165) is 44.0 Å². The molecule has 0 fully saturated rings. The van der Waals surface area contributed by atoms with E-state index in [1.807, 2.05) is 84.1 Å². The van der Waals surface area contributed by atoms with Gasteiger partial charge in [0.1, 0.15) is 5.65 Å². The van der Waals surface area contributed by atoms with Crippen LogP contribution in [-0.4, -0.2) is 26.0 Å². The zero-order chi connectivity index (χ0) is 19.8. The first-order chi connectivity index (χ1) is 14.2. The number of rotatable bonds is 4. The molecule has 0 aliphatic rings. The van der Waals surface area contributed by atoms with Crippen LogP contribution in [0.3, 0.4) is 0 Å². The van der Waals surface area contributed by atoms with Gasteiger partial charge >= 0.3 is 0 Å². The summed E-state index contributed by atoms with van der Waals surface area (Å²) in [5, 5.41) is 4.74. The molecule has 5 nitrogen and oxygen atoms in total. The molecular formula is C23H18N4OS. The Morgan fingerprint density at radius 1 is 0.931 bits per heavy atom. The first-order valence-corrected chi connectivity index (χ1v) is 10.3. The van der Waals surface area contributed by atoms with E-state index < -0.39 is 0 Å². The Kier molecular flexibility index (Phi) is 4.41. The van der Waals surface area contributed by atoms with Gasteiger partial charge < -0.3 is 5.32 Å². The maximum atomic E-state index is 12.6. The number of benzene rings is 3. The minimum Gasteiger partial charge on any atom is -0.325 e. The number of anilines is 1. The van der Waals surface area contributed by atoms with Crippen LogP contribution in [0.1, 0.15) is 5.56 Å². The molecule has 0 atom stereocenters. The van der Waals surface area contributed by atoms with Crippen molar-refractivity contribution in [3.05, 3.63) is 78.4 Å². The second kappa shape index (κ2) is 7.22. The van der Waals surface area contributed by atoms with Gasteiger partial charge in [-0.1, -0.05) is 54.2 Å². The minimum atomic E-state index is -0.0585. The summed E-state index contributed by atoms with van der Waals surface area (Å²) >= 11 is 1.42. The van der Waals surface area contributed by atoms with Gasteiger partial charge in [-0.15, -0.1) is 0 Å². The number of amides is 1. The van der Waals surface area contributed by atoms with Gasteiger partial charge in [-0.25, -0.2) is 9.97 Å². The fraction of sp³-hybridized carbons (Fsp3) is 0.0870. The van der Waals surface area contributed by atoms with Gasteiger partial charge in [-0.3, -0.25) is 9.20 Å². The minimum absolute atomic E-state index is 0.0585. The molecule has 29 heavy (non-hydrogen) atoms. The maximum absolute atomic E-state index is 12.6. The van der Waals surface area contributed by atoms with E-state index in [1.165, 1.54) is 11.8 Å². The molecule has 0 aliphatic carbocycles. The number of fused-ring (bicyclic) bond motifs is 5. The van der Waals surface area contributed by atoms with Crippen LogP contribution in [0.25, 0.3) is 27.6 Å². The summed E-state index contributed by atoms with van der Waals surface area (Å²) in [7, 11) is 0. The van der Waals surface area contributed by atoms with Crippen molar-refractivity contribution in [3.8, 4) is 0 Å². The predicted molar refractivity (Wildman–Crippen MR) is 119 cm³/mol. The molecule has 0 aliphatic heterocycles. The van der Waals surface area contributed by atoms with E-state index in [0.29, 0.717) is 0 Å². The number of hydrogen-bond acceptors (Lipinski definition) is 4. The molecule has 3 aromatic carbocycles. The molecule has 0 unspecified atom stereocenters. The van der Waals surface area contributed by atoms with Crippen LogP contribution in [0.2, 0.25) is 0 Å². The zero-order valence-corrected chi connectivity index (χ0v) is 16.6. The standard InChI is InChI=1S/C23H18N4OS/c1-15-8-2-4-10-17(15)24-21(28)14-29-23-26-18-11-5-3-9-16(18)22-25-19-12-6-7-13-20(19)27(22)23/h2-13H,14H2,1H3,(H,24,28). The number of aryl methyl sites for hydroxylation is 1. The topological polar surface area (TPSA) is 59.3 Å². The van der Waals surface area contributed by atoms with Gasteiger partial charge in [0.05, 0.1) is 22.3 Å². The van der Waals surface area contributed by atoms with Crippen LogP contribution in [0.4, 0.5) is 5.69 Å². The fourth-order valence-corrected chi connectivity index (χ4v) is 4.25. The summed E-state index contributed by atoms with van der Waals surface area (Å²) in [4.78, 5) is 22.2. The van der Waals surface area contributed by atoms with Gasteiger partial charge in [-0.2, -0.15) is 0 Å². The smallest absolute Gasteiger partial charge is 0.234 e. The Morgan fingerprint density at radius 3 is 2.52 bits per heavy atom. The number of hydrogen-bond donors (Lipinski definition) is 1. The molecule has 1 N–H and O–H groups in total. The van der Waals surface area contributed by atoms with E-state index in [9.17, 15) is 4.79 Å². The first kappa shape index (κ1) is 17.7. The molecule has 5 rings (SSSR count). The first-order valence-electron chi connectivity index (χ1n) is 9.35. The third-order valence-electron chi connectivity index (χ3n) is 4.86. The normalized spacial score (nSPS) is 11.3. The molecule has 2 heterocycles. The fourth-order valence-electron chi connectivity index (χ4n) is 3.44. The summed E-state index contributed by atoms with van der Waals surface area (Å²) in [6, 6.07) is 23.7. The summed E-state index contributed by atoms with van der Waals surface area (Å²) in [5.41, 5.74) is 5.51. The summed E-state index contributed by atoms with van der Waals surface area (Å²) in [5.74, 6) is 0.207. The molecule has 6 heteroatoms. The van der Waals surface area contributed by atoms with Gasteiger partial charge in [0.2, 0.25) is 5.91 Å². The van der Waals surface area contributed by atoms with Crippen molar-refractivity contribution in [1.82, 2.24) is 14.4 Å². The molecule has 0 saturated carbocycles. The second-order valence-corrected chi connectivity index (χ2v) is 7.77. The Morgan fingerprint density at radius 2 is 1.66 bits per heavy atom. The van der Waals surface area contributed by atoms with E-state index >= 15 is 0 Å². The lowest BCUT2D eigenvalue weighted by atomic mass is 10.2. The lowest BCUT2D eigenvalue weighted by Gasteiger charge is -2.10. The van der Waals surface area contributed by atoms with Gasteiger partial charge in [0, 0.05) is 11.1 Å². The van der Waals surface area contributed by atoms with E-state index in [1.54, 1.807) is 0 Å². The monoisotopic (exact) mass is 398 g/mol. The van der Waals surface area contributed by atoms with Crippen molar-refractivity contribution < 1.29 is 4.79 Å². The highest BCUT2D eigenvalue weighted by Crippen LogP contribution is 2.29. The largest absolute Gasteiger partial charge is 0.325 e. The number of carbonyl (C=O) groups is 1. The summed E-state index contributed by atoms with van der Waals surface area (Å²) < 4.78 is 2.05. The second-order valence-electron chi connectivity index (χ2n) is 6.82. The highest BCUT2D eigenvalue weighted by molar-refractivity contribution is 7.99. The number of nitrogens with one attached hydrogen (secondary N) is 1. The zero-order valence-electron chi connectivity index (χ0n) is 15.8. The average Bonchev–Trinajstić information content (AvgIpc) is 3.14. The SMILES string of the molecule is Cc1ccccc1NC(=O)CSc1nc2ccccc2c2nc3ccccc3n12. The predicted octanol–water partition coefficient (Wildman–Crippen LogP) is 5.07. The van der Waals surface area contributed by atoms with Crippen molar-refractivity contribution in [2.45, 2.75) is 12.1 Å². The number of carbonyl (C=O) groups excluding carboxylic acids is 1. The summed E-state index contributed by atoms with van der Waals surface area (Å²) in [6.45, 7) is 1.98. The van der Waals surface area contributed by atoms with Crippen LogP contribution in [0.15, 0.2) is 78.0 Å². The number of thioether (sulfide) groups is 1. The highest BCUT2D eigenvalue weighted by atomic mass is 32.2. The van der Waals surface area contributed by atoms with Crippen molar-refractivity contribution >= 4 is 50.9 Å². The van der Waals surface area contributed by atoms with Gasteiger partial charge in [-0.05, 0) is 42.8 Å². The molecule has 0 bridgehead atoms. The van der Waals surface area contributed by atoms with Crippen LogP contribution in [0.5, 0.6) is 0 Å². The van der Waals surface area contributed by atoms with Crippen LogP contribution < -0.4 is 5.32 Å². The molecule has 0 spiro atoms. The van der Waals surface area contributed by atoms with Crippen LogP contribution in [-0.2, 0) is 4.79 Å². The van der Waals surface area contributed by atoms with Crippen LogP contribution >= 0.6 is 11.8 Å². The van der Waals surface area contributed by atoms with E-state index in [4.69, 9.17) is 9.97 Å². The number of aromatic nitrogens is 3. The van der Waals surface area contributed by atoms with Crippen LogP contribution in [0, 0.1) is 6.92 Å². The summed E-state index contributed by atoms with van der Waals surface area (Å²) in [6.07, 6.45) is 0. The maximum Gasteiger partial charge on any atom is 0.234 e. The molecule has 0 radical (unpaired) electrons. The average molecular weight is 398 g/mol. The van der Waals surface area contributed by atoms with Crippen molar-refractivity contribution in [2.24, 2.45) is 0 Å². The van der Waals surface area contributed by atoms with Gasteiger partial charge in [0.25, 0.3) is 0 Å². The third-order valence-corrected chi connectivity index (χ3v) is 5.80. The number of para-hydroxylation sites is 4.